The molecule has 3 aliphatic rings. The van der Waals surface area contributed by atoms with Gasteiger partial charge in [-0.2, -0.15) is 0 Å². The molecule has 314 valence electrons. The molecule has 1 aliphatic carbocycles. The smallest absolute Gasteiger partial charge is 0.0864 e. The molecule has 10 aromatic rings. The Morgan fingerprint density at radius 1 is 0.333 bits per heavy atom. The van der Waals surface area contributed by atoms with Crippen LogP contribution in [0.3, 0.4) is 0 Å². The standard InChI is InChI=1S/C62H46N4/c1-4-18-43(19-5-1)59-63-60(44-20-6-2-7-21-44)65-61(64-59)45-33-31-41(32-34-45)46-22-16-23-47(39-46)48-35-37-51-55(40-48)62(54-38-36-42-17-10-11-26-50(42)58(51)54)52-27-12-14-29-56(52)66(49-24-8-3-9-25-49)57-30-15-13-28-53(57)62/h1-40,59-61,63-65H. The van der Waals surface area contributed by atoms with Gasteiger partial charge in [-0.05, 0) is 119 Å². The van der Waals surface area contributed by atoms with Gasteiger partial charge in [-0.25, -0.2) is 0 Å². The molecule has 1 spiro atoms. The van der Waals surface area contributed by atoms with E-state index >= 15 is 0 Å². The van der Waals surface area contributed by atoms with Crippen LogP contribution in [0.1, 0.15) is 57.4 Å². The van der Waals surface area contributed by atoms with Gasteiger partial charge in [-0.3, -0.25) is 16.0 Å². The first-order valence-corrected chi connectivity index (χ1v) is 23.0. The molecule has 0 aromatic heterocycles. The van der Waals surface area contributed by atoms with Crippen LogP contribution in [-0.4, -0.2) is 0 Å². The monoisotopic (exact) mass is 846 g/mol. The molecule has 0 bridgehead atoms. The molecule has 1 fully saturated rings. The molecule has 10 aromatic carbocycles. The highest BCUT2D eigenvalue weighted by Crippen LogP contribution is 2.64. The number of para-hydroxylation sites is 3. The van der Waals surface area contributed by atoms with Crippen LogP contribution in [0.15, 0.2) is 243 Å². The van der Waals surface area contributed by atoms with Crippen LogP contribution in [0, 0.1) is 0 Å². The van der Waals surface area contributed by atoms with Crippen LogP contribution in [0.4, 0.5) is 17.1 Å². The molecule has 2 aliphatic heterocycles. The van der Waals surface area contributed by atoms with Crippen molar-refractivity contribution >= 4 is 27.8 Å². The van der Waals surface area contributed by atoms with Crippen LogP contribution < -0.4 is 20.9 Å². The number of hydrogen-bond donors (Lipinski definition) is 3. The van der Waals surface area contributed by atoms with Gasteiger partial charge in [0.05, 0.1) is 35.3 Å². The van der Waals surface area contributed by atoms with Gasteiger partial charge in [0.1, 0.15) is 0 Å². The van der Waals surface area contributed by atoms with Crippen molar-refractivity contribution in [2.75, 3.05) is 4.90 Å². The summed E-state index contributed by atoms with van der Waals surface area (Å²) in [7, 11) is 0. The number of anilines is 3. The number of benzene rings is 10. The summed E-state index contributed by atoms with van der Waals surface area (Å²) < 4.78 is 0. The summed E-state index contributed by atoms with van der Waals surface area (Å²) >= 11 is 0. The topological polar surface area (TPSA) is 39.3 Å². The van der Waals surface area contributed by atoms with Crippen LogP contribution >= 0.6 is 0 Å². The maximum Gasteiger partial charge on any atom is 0.0864 e. The average Bonchev–Trinajstić information content (AvgIpc) is 3.70. The first kappa shape index (κ1) is 38.6. The van der Waals surface area contributed by atoms with Crippen LogP contribution in [0.5, 0.6) is 0 Å². The molecular weight excluding hydrogens is 801 g/mol. The van der Waals surface area contributed by atoms with Crippen molar-refractivity contribution in [3.8, 4) is 33.4 Å². The van der Waals surface area contributed by atoms with E-state index in [1.54, 1.807) is 0 Å². The normalized spacial score (nSPS) is 17.8. The number of nitrogens with zero attached hydrogens (tertiary/aromatic N) is 1. The largest absolute Gasteiger partial charge is 0.310 e. The Hall–Kier alpha value is -7.86. The number of fused-ring (bicyclic) bond motifs is 11. The quantitative estimate of drug-likeness (QED) is 0.156. The minimum Gasteiger partial charge on any atom is -0.310 e. The van der Waals surface area contributed by atoms with Gasteiger partial charge in [-0.1, -0.05) is 206 Å². The zero-order valence-electron chi connectivity index (χ0n) is 36.3. The van der Waals surface area contributed by atoms with Gasteiger partial charge < -0.3 is 4.90 Å². The van der Waals surface area contributed by atoms with E-state index in [0.29, 0.717) is 0 Å². The van der Waals surface area contributed by atoms with Gasteiger partial charge >= 0.3 is 0 Å². The molecule has 1 saturated heterocycles. The highest BCUT2D eigenvalue weighted by atomic mass is 15.4. The fraction of sp³-hybridized carbons (Fsp3) is 0.0645. The fourth-order valence-electron chi connectivity index (χ4n) is 11.2. The predicted molar refractivity (Wildman–Crippen MR) is 271 cm³/mol. The first-order chi connectivity index (χ1) is 32.7. The van der Waals surface area contributed by atoms with Gasteiger partial charge in [0.2, 0.25) is 0 Å². The number of rotatable bonds is 6. The Kier molecular flexibility index (Phi) is 9.17. The Morgan fingerprint density at radius 3 is 1.47 bits per heavy atom. The van der Waals surface area contributed by atoms with E-state index in [1.807, 2.05) is 0 Å². The summed E-state index contributed by atoms with van der Waals surface area (Å²) in [5, 5.41) is 14.0. The third kappa shape index (κ3) is 6.11. The lowest BCUT2D eigenvalue weighted by Gasteiger charge is -2.45. The molecule has 2 atom stereocenters. The van der Waals surface area contributed by atoms with E-state index in [1.165, 1.54) is 94.5 Å². The number of nitrogens with one attached hydrogen (secondary N) is 3. The maximum atomic E-state index is 3.84. The first-order valence-electron chi connectivity index (χ1n) is 23.0. The summed E-state index contributed by atoms with van der Waals surface area (Å²) in [6.45, 7) is 0. The molecule has 0 saturated carbocycles. The Morgan fingerprint density at radius 2 is 0.833 bits per heavy atom. The third-order valence-corrected chi connectivity index (χ3v) is 14.2. The van der Waals surface area contributed by atoms with Crippen molar-refractivity contribution in [2.24, 2.45) is 0 Å². The van der Waals surface area contributed by atoms with Gasteiger partial charge in [0.25, 0.3) is 0 Å². The number of hydrogen-bond acceptors (Lipinski definition) is 4. The van der Waals surface area contributed by atoms with Crippen molar-refractivity contribution in [3.05, 3.63) is 282 Å². The van der Waals surface area contributed by atoms with E-state index in [0.717, 1.165) is 5.69 Å². The van der Waals surface area contributed by atoms with Crippen molar-refractivity contribution in [3.63, 3.8) is 0 Å². The zero-order valence-corrected chi connectivity index (χ0v) is 36.3. The highest BCUT2D eigenvalue weighted by molar-refractivity contribution is 6.06. The second kappa shape index (κ2) is 15.7. The molecule has 0 radical (unpaired) electrons. The summed E-state index contributed by atoms with van der Waals surface area (Å²) in [4.78, 5) is 2.45. The maximum absolute atomic E-state index is 3.84. The van der Waals surface area contributed by atoms with E-state index < -0.39 is 5.41 Å². The van der Waals surface area contributed by atoms with Crippen molar-refractivity contribution in [1.29, 1.82) is 0 Å². The van der Waals surface area contributed by atoms with Gasteiger partial charge in [-0.15, -0.1) is 0 Å². The van der Waals surface area contributed by atoms with Crippen molar-refractivity contribution in [2.45, 2.75) is 23.9 Å². The molecule has 4 heteroatoms. The summed E-state index contributed by atoms with van der Waals surface area (Å²) in [6, 6.07) is 89.2. The van der Waals surface area contributed by atoms with E-state index in [-0.39, 0.29) is 18.5 Å². The van der Waals surface area contributed by atoms with E-state index in [4.69, 9.17) is 0 Å². The molecule has 3 N–H and O–H groups in total. The second-order valence-electron chi connectivity index (χ2n) is 17.7. The average molecular weight is 847 g/mol. The Labute approximate surface area is 385 Å². The van der Waals surface area contributed by atoms with Gasteiger partial charge in [0, 0.05) is 5.69 Å². The predicted octanol–water partition coefficient (Wildman–Crippen LogP) is 14.5. The molecular formula is C62H46N4. The van der Waals surface area contributed by atoms with Crippen molar-refractivity contribution < 1.29 is 0 Å². The summed E-state index contributed by atoms with van der Waals surface area (Å²) in [5.74, 6) is 0. The molecule has 2 heterocycles. The molecule has 2 unspecified atom stereocenters. The Bertz CT molecular complexity index is 3330. The summed E-state index contributed by atoms with van der Waals surface area (Å²) in [6.07, 6.45) is -0.0949. The SMILES string of the molecule is c1ccc(C2NC(c3ccccc3)NC(c3ccc(-c4cccc(-c5ccc6c(c5)C5(c7ccccc7N(c7ccccc7)c7ccccc75)c5ccc7ccccc7c5-6)c4)cc3)N2)cc1. The molecule has 0 amide bonds. The molecule has 66 heavy (non-hydrogen) atoms. The lowest BCUT2D eigenvalue weighted by Crippen LogP contribution is -2.54. The third-order valence-electron chi connectivity index (χ3n) is 14.2. The minimum absolute atomic E-state index is 0.0182. The molecule has 4 nitrogen and oxygen atoms in total. The van der Waals surface area contributed by atoms with Crippen LogP contribution in [0.2, 0.25) is 0 Å². The molecule has 13 rings (SSSR count). The second-order valence-corrected chi connectivity index (χ2v) is 17.7. The zero-order chi connectivity index (χ0) is 43.6. The highest BCUT2D eigenvalue weighted by Gasteiger charge is 2.52. The van der Waals surface area contributed by atoms with Gasteiger partial charge in [0.15, 0.2) is 0 Å². The van der Waals surface area contributed by atoms with E-state index in [2.05, 4.69) is 264 Å². The lowest BCUT2D eigenvalue weighted by molar-refractivity contribution is 0.203. The fourth-order valence-corrected chi connectivity index (χ4v) is 11.2. The van der Waals surface area contributed by atoms with E-state index in [9.17, 15) is 0 Å². The minimum atomic E-state index is -0.549. The van der Waals surface area contributed by atoms with Crippen LogP contribution in [0.25, 0.3) is 44.2 Å². The summed E-state index contributed by atoms with van der Waals surface area (Å²) in [5.41, 5.74) is 19.2. The lowest BCUT2D eigenvalue weighted by atomic mass is 9.64. The van der Waals surface area contributed by atoms with Crippen molar-refractivity contribution in [1.82, 2.24) is 16.0 Å². The Balaban J connectivity index is 0.913. The van der Waals surface area contributed by atoms with Crippen LogP contribution in [-0.2, 0) is 5.41 Å².